The molecule has 0 aliphatic carbocycles. The first-order valence-corrected chi connectivity index (χ1v) is 7.17. The van der Waals surface area contributed by atoms with Gasteiger partial charge in [0.05, 0.1) is 5.69 Å². The van der Waals surface area contributed by atoms with Crippen LogP contribution < -0.4 is 5.32 Å². The first kappa shape index (κ1) is 12.2. The van der Waals surface area contributed by atoms with Gasteiger partial charge in [0, 0.05) is 24.4 Å². The van der Waals surface area contributed by atoms with Crippen LogP contribution in [0, 0.1) is 13.8 Å². The van der Waals surface area contributed by atoms with Crippen molar-refractivity contribution in [2.45, 2.75) is 20.3 Å². The van der Waals surface area contributed by atoms with Crippen molar-refractivity contribution in [2.75, 3.05) is 23.9 Å². The number of hydrogen-bond acceptors (Lipinski definition) is 4. The Labute approximate surface area is 106 Å². The van der Waals surface area contributed by atoms with Crippen molar-refractivity contribution < 1.29 is 0 Å². The van der Waals surface area contributed by atoms with Gasteiger partial charge in [-0.25, -0.2) is 4.98 Å². The summed E-state index contributed by atoms with van der Waals surface area (Å²) in [6.07, 6.45) is 3.29. The van der Waals surface area contributed by atoms with Crippen LogP contribution in [0.4, 0.5) is 5.82 Å². The van der Waals surface area contributed by atoms with Gasteiger partial charge in [-0.05, 0) is 32.3 Å². The summed E-state index contributed by atoms with van der Waals surface area (Å²) in [6.45, 7) is 4.97. The van der Waals surface area contributed by atoms with E-state index in [1.807, 2.05) is 42.3 Å². The van der Waals surface area contributed by atoms with E-state index in [2.05, 4.69) is 21.7 Å². The van der Waals surface area contributed by atoms with Crippen molar-refractivity contribution in [2.24, 2.45) is 0 Å². The lowest BCUT2D eigenvalue weighted by atomic mass is 10.4. The van der Waals surface area contributed by atoms with Crippen molar-refractivity contribution in [3.8, 4) is 0 Å². The third-order valence-electron chi connectivity index (χ3n) is 2.51. The van der Waals surface area contributed by atoms with Crippen LogP contribution in [0.3, 0.4) is 0 Å². The molecule has 1 N–H and O–H groups in total. The first-order valence-electron chi connectivity index (χ1n) is 5.77. The highest BCUT2D eigenvalue weighted by Crippen LogP contribution is 2.13. The van der Waals surface area contributed by atoms with E-state index in [1.165, 1.54) is 5.75 Å². The monoisotopic (exact) mass is 250 g/mol. The molecule has 17 heavy (non-hydrogen) atoms. The number of fused-ring (bicyclic) bond motifs is 1. The van der Waals surface area contributed by atoms with E-state index in [1.54, 1.807) is 0 Å². The molecule has 2 aromatic rings. The number of hydrogen-bond donors (Lipinski definition) is 1. The maximum Gasteiger partial charge on any atom is 0.157 e. The zero-order valence-corrected chi connectivity index (χ0v) is 11.3. The van der Waals surface area contributed by atoms with Crippen molar-refractivity contribution in [1.29, 1.82) is 0 Å². The first-order chi connectivity index (χ1) is 8.20. The van der Waals surface area contributed by atoms with E-state index in [4.69, 9.17) is 0 Å². The minimum atomic E-state index is 0.912. The Balaban J connectivity index is 2.19. The molecule has 0 atom stereocenters. The molecule has 0 radical (unpaired) electrons. The maximum atomic E-state index is 4.46. The normalized spacial score (nSPS) is 11.0. The fourth-order valence-electron chi connectivity index (χ4n) is 1.77. The number of aromatic nitrogens is 3. The molecule has 0 spiro atoms. The van der Waals surface area contributed by atoms with Crippen molar-refractivity contribution >= 4 is 23.2 Å². The number of anilines is 1. The lowest BCUT2D eigenvalue weighted by Crippen LogP contribution is -2.08. The van der Waals surface area contributed by atoms with Crippen LogP contribution in [0.2, 0.25) is 0 Å². The third-order valence-corrected chi connectivity index (χ3v) is 3.21. The van der Waals surface area contributed by atoms with Crippen LogP contribution in [0.15, 0.2) is 12.1 Å². The molecule has 4 nitrogen and oxygen atoms in total. The van der Waals surface area contributed by atoms with E-state index < -0.39 is 0 Å². The standard InChI is InChI=1S/C12H18N4S/c1-9-7-11(13-5-4-6-17-3)16-12(14-9)8-10(2)15-16/h7-8,13H,4-6H2,1-3H3. The van der Waals surface area contributed by atoms with Gasteiger partial charge in [0.1, 0.15) is 5.82 Å². The molecule has 0 unspecified atom stereocenters. The van der Waals surface area contributed by atoms with Gasteiger partial charge in [-0.15, -0.1) is 0 Å². The summed E-state index contributed by atoms with van der Waals surface area (Å²) in [4.78, 5) is 4.46. The highest BCUT2D eigenvalue weighted by Gasteiger charge is 2.05. The van der Waals surface area contributed by atoms with Crippen molar-refractivity contribution in [1.82, 2.24) is 14.6 Å². The molecular formula is C12H18N4S. The molecule has 0 fully saturated rings. The topological polar surface area (TPSA) is 42.2 Å². The lowest BCUT2D eigenvalue weighted by molar-refractivity contribution is 0.887. The molecule has 2 aromatic heterocycles. The van der Waals surface area contributed by atoms with Crippen LogP contribution in [-0.4, -0.2) is 33.2 Å². The summed E-state index contributed by atoms with van der Waals surface area (Å²) in [7, 11) is 0. The Morgan fingerprint density at radius 3 is 2.88 bits per heavy atom. The molecule has 0 saturated heterocycles. The highest BCUT2D eigenvalue weighted by atomic mass is 32.2. The van der Waals surface area contributed by atoms with E-state index in [-0.39, 0.29) is 0 Å². The van der Waals surface area contributed by atoms with Crippen LogP contribution >= 0.6 is 11.8 Å². The van der Waals surface area contributed by atoms with Gasteiger partial charge in [0.15, 0.2) is 5.65 Å². The molecule has 92 valence electrons. The van der Waals surface area contributed by atoms with Gasteiger partial charge >= 0.3 is 0 Å². The highest BCUT2D eigenvalue weighted by molar-refractivity contribution is 7.98. The fourth-order valence-corrected chi connectivity index (χ4v) is 2.21. The van der Waals surface area contributed by atoms with Gasteiger partial charge in [-0.3, -0.25) is 0 Å². The summed E-state index contributed by atoms with van der Waals surface area (Å²) >= 11 is 1.87. The fraction of sp³-hybridized carbons (Fsp3) is 0.500. The number of nitrogens with zero attached hydrogens (tertiary/aromatic N) is 3. The number of aryl methyl sites for hydroxylation is 2. The lowest BCUT2D eigenvalue weighted by Gasteiger charge is -2.08. The van der Waals surface area contributed by atoms with Crippen molar-refractivity contribution in [3.63, 3.8) is 0 Å². The minimum absolute atomic E-state index is 0.912. The van der Waals surface area contributed by atoms with Gasteiger partial charge < -0.3 is 5.32 Å². The Bertz CT molecular complexity index is 506. The van der Waals surface area contributed by atoms with Crippen LogP contribution in [0.1, 0.15) is 17.8 Å². The molecule has 2 rings (SSSR count). The predicted molar refractivity (Wildman–Crippen MR) is 73.9 cm³/mol. The number of rotatable bonds is 5. The summed E-state index contributed by atoms with van der Waals surface area (Å²) in [5.74, 6) is 2.21. The molecule has 0 bridgehead atoms. The molecular weight excluding hydrogens is 232 g/mol. The zero-order valence-electron chi connectivity index (χ0n) is 10.5. The summed E-state index contributed by atoms with van der Waals surface area (Å²) in [6, 6.07) is 4.04. The molecule has 0 aliphatic heterocycles. The smallest absolute Gasteiger partial charge is 0.157 e. The predicted octanol–water partition coefficient (Wildman–Crippen LogP) is 2.51. The minimum Gasteiger partial charge on any atom is -0.370 e. The quantitative estimate of drug-likeness (QED) is 0.828. The molecule has 0 aliphatic rings. The van der Waals surface area contributed by atoms with Gasteiger partial charge in [-0.1, -0.05) is 0 Å². The average molecular weight is 250 g/mol. The Morgan fingerprint density at radius 1 is 1.29 bits per heavy atom. The van der Waals surface area contributed by atoms with E-state index >= 15 is 0 Å². The summed E-state index contributed by atoms with van der Waals surface area (Å²) < 4.78 is 1.88. The van der Waals surface area contributed by atoms with Crippen LogP contribution in [-0.2, 0) is 0 Å². The SMILES string of the molecule is CSCCCNc1cc(C)nc2cc(C)nn12. The number of nitrogens with one attached hydrogen (secondary N) is 1. The van der Waals surface area contributed by atoms with Crippen LogP contribution in [0.5, 0.6) is 0 Å². The second kappa shape index (κ2) is 5.40. The van der Waals surface area contributed by atoms with Gasteiger partial charge in [-0.2, -0.15) is 21.4 Å². The summed E-state index contributed by atoms with van der Waals surface area (Å²) in [5, 5.41) is 7.86. The Hall–Kier alpha value is -1.23. The van der Waals surface area contributed by atoms with E-state index in [0.717, 1.165) is 35.8 Å². The van der Waals surface area contributed by atoms with E-state index in [9.17, 15) is 0 Å². The molecule has 5 heteroatoms. The second-order valence-corrected chi connectivity index (χ2v) is 5.10. The largest absolute Gasteiger partial charge is 0.370 e. The maximum absolute atomic E-state index is 4.46. The van der Waals surface area contributed by atoms with Crippen molar-refractivity contribution in [3.05, 3.63) is 23.5 Å². The average Bonchev–Trinajstić information content (AvgIpc) is 2.64. The Morgan fingerprint density at radius 2 is 2.12 bits per heavy atom. The second-order valence-electron chi connectivity index (χ2n) is 4.11. The zero-order chi connectivity index (χ0) is 12.3. The molecule has 0 aromatic carbocycles. The molecule has 2 heterocycles. The van der Waals surface area contributed by atoms with Gasteiger partial charge in [0.2, 0.25) is 0 Å². The molecule has 0 saturated carbocycles. The van der Waals surface area contributed by atoms with E-state index in [0.29, 0.717) is 0 Å². The third kappa shape index (κ3) is 2.91. The van der Waals surface area contributed by atoms with Crippen LogP contribution in [0.25, 0.3) is 5.65 Å². The number of thioether (sulfide) groups is 1. The summed E-state index contributed by atoms with van der Waals surface area (Å²) in [5.41, 5.74) is 2.93. The Kier molecular flexibility index (Phi) is 3.89. The molecule has 0 amide bonds. The van der Waals surface area contributed by atoms with Gasteiger partial charge in [0.25, 0.3) is 0 Å².